The Kier molecular flexibility index (Phi) is 4.63. The minimum Gasteiger partial charge on any atom is -0.638 e. The standard InChI is InChI=1S/C6HF4O.2C2H5.Al/c7-2-1-3(8)5(10)6(11)4(2)9;2*1-2;/h11H;2*1H2,2H3;/q;;;+1/p-1. The monoisotopic (exact) mass is 249 g/mol. The number of hydrogen-bond acceptors (Lipinski definition) is 1. The number of hydrogen-bond donors (Lipinski definition) is 0. The fourth-order valence-corrected chi connectivity index (χ4v) is 2.68. The summed E-state index contributed by atoms with van der Waals surface area (Å²) in [6, 6.07) is 1.31. The van der Waals surface area contributed by atoms with Crippen molar-refractivity contribution in [3.05, 3.63) is 29.3 Å². The van der Waals surface area contributed by atoms with Crippen LogP contribution in [0, 0.1) is 29.3 Å². The molecule has 16 heavy (non-hydrogen) atoms. The van der Waals surface area contributed by atoms with Gasteiger partial charge in [0.1, 0.15) is 0 Å². The molecule has 0 bridgehead atoms. The summed E-state index contributed by atoms with van der Waals surface area (Å²) in [5, 5.41) is 1.24. The molecule has 0 aliphatic rings. The molecule has 6 heteroatoms. The van der Waals surface area contributed by atoms with Gasteiger partial charge in [0.15, 0.2) is 17.4 Å². The molecule has 0 aliphatic heterocycles. The van der Waals surface area contributed by atoms with Crippen molar-refractivity contribution in [3.8, 4) is 5.75 Å². The molecule has 0 saturated carbocycles. The van der Waals surface area contributed by atoms with E-state index in [2.05, 4.69) is 0 Å². The van der Waals surface area contributed by atoms with Gasteiger partial charge in [0.25, 0.3) is 0 Å². The van der Waals surface area contributed by atoms with E-state index < -0.39 is 43.5 Å². The zero-order chi connectivity index (χ0) is 12.3. The van der Waals surface area contributed by atoms with E-state index in [9.17, 15) is 17.6 Å². The fraction of sp³-hybridized carbons (Fsp3) is 0.400. The molecular weight excluding hydrogens is 239 g/mol. The van der Waals surface area contributed by atoms with Gasteiger partial charge in [-0.25, -0.2) is 8.78 Å². The van der Waals surface area contributed by atoms with E-state index in [1.165, 1.54) is 6.07 Å². The van der Waals surface area contributed by atoms with Gasteiger partial charge in [-0.2, -0.15) is 8.78 Å². The summed E-state index contributed by atoms with van der Waals surface area (Å²) in [5.41, 5.74) is 0. The summed E-state index contributed by atoms with van der Waals surface area (Å²) in [5.74, 6) is -7.10. The van der Waals surface area contributed by atoms with Gasteiger partial charge in [0.05, 0.1) is 6.07 Å². The van der Waals surface area contributed by atoms with Gasteiger partial charge in [-0.05, 0) is 0 Å². The average molecular weight is 249 g/mol. The second-order valence-electron chi connectivity index (χ2n) is 3.27. The molecule has 0 aromatic heterocycles. The molecule has 0 N–H and O–H groups in total. The molecule has 0 saturated heterocycles. The predicted molar refractivity (Wildman–Crippen MR) is 52.5 cm³/mol. The van der Waals surface area contributed by atoms with E-state index in [4.69, 9.17) is 3.79 Å². The van der Waals surface area contributed by atoms with Gasteiger partial charge < -0.3 is 3.79 Å². The average Bonchev–Trinajstić information content (AvgIpc) is 2.27. The van der Waals surface area contributed by atoms with Gasteiger partial charge >= 0.3 is 14.5 Å². The normalized spacial score (nSPS) is 10.4. The lowest BCUT2D eigenvalue weighted by molar-refractivity contribution is 0.393. The molecule has 1 aromatic carbocycles. The van der Waals surface area contributed by atoms with Gasteiger partial charge in [-0.1, -0.05) is 24.4 Å². The zero-order valence-corrected chi connectivity index (χ0v) is 10.1. The molecular formula is C10H10AlF4O. The highest BCUT2D eigenvalue weighted by atomic mass is 27.2. The summed E-state index contributed by atoms with van der Waals surface area (Å²) in [7, 11) is 0. The van der Waals surface area contributed by atoms with Crippen LogP contribution in [0.3, 0.4) is 0 Å². The molecule has 0 spiro atoms. The van der Waals surface area contributed by atoms with Gasteiger partial charge in [-0.15, -0.1) is 0 Å². The molecule has 0 fully saturated rings. The summed E-state index contributed by atoms with van der Waals surface area (Å²) in [6.45, 7) is 3.61. The van der Waals surface area contributed by atoms with Crippen molar-refractivity contribution >= 4 is 14.5 Å². The zero-order valence-electron chi connectivity index (χ0n) is 8.91. The lowest BCUT2D eigenvalue weighted by Crippen LogP contribution is -2.21. The Hall–Kier alpha value is -0.728. The smallest absolute Gasteiger partial charge is 0.546 e. The summed E-state index contributed by atoms with van der Waals surface area (Å²) >= 11 is -1.84. The van der Waals surface area contributed by atoms with E-state index in [0.717, 1.165) is 0 Å². The highest BCUT2D eigenvalue weighted by molar-refractivity contribution is 6.52. The Bertz CT molecular complexity index is 353. The van der Waals surface area contributed by atoms with Crippen LogP contribution in [0.1, 0.15) is 13.8 Å². The van der Waals surface area contributed by atoms with Crippen LogP contribution >= 0.6 is 0 Å². The van der Waals surface area contributed by atoms with E-state index in [-0.39, 0.29) is 0 Å². The first-order valence-corrected chi connectivity index (χ1v) is 7.03. The van der Waals surface area contributed by atoms with Gasteiger partial charge in [0, 0.05) is 0 Å². The molecule has 0 unspecified atom stereocenters. The maximum atomic E-state index is 13.2. The Balaban J connectivity index is 3.11. The summed E-state index contributed by atoms with van der Waals surface area (Å²) < 4.78 is 56.9. The lowest BCUT2D eigenvalue weighted by Gasteiger charge is -2.14. The third-order valence-electron chi connectivity index (χ3n) is 2.20. The van der Waals surface area contributed by atoms with Crippen LogP contribution in [-0.4, -0.2) is 14.5 Å². The molecule has 1 nitrogen and oxygen atoms in total. The first kappa shape index (κ1) is 13.3. The van der Waals surface area contributed by atoms with Crippen molar-refractivity contribution in [2.75, 3.05) is 0 Å². The summed E-state index contributed by atoms with van der Waals surface area (Å²) in [4.78, 5) is 0. The predicted octanol–water partition coefficient (Wildman–Crippen LogP) is 3.45. The largest absolute Gasteiger partial charge is 0.638 e. The fourth-order valence-electron chi connectivity index (χ4n) is 1.23. The van der Waals surface area contributed by atoms with Crippen LogP contribution in [0.2, 0.25) is 10.6 Å². The third-order valence-corrected chi connectivity index (χ3v) is 4.59. The van der Waals surface area contributed by atoms with E-state index >= 15 is 0 Å². The Morgan fingerprint density at radius 1 is 1.00 bits per heavy atom. The van der Waals surface area contributed by atoms with Gasteiger partial charge in [0.2, 0.25) is 11.6 Å². The molecule has 0 heterocycles. The molecule has 1 rings (SSSR count). The number of rotatable bonds is 4. The maximum Gasteiger partial charge on any atom is 0.546 e. The second kappa shape index (κ2) is 5.56. The van der Waals surface area contributed by atoms with E-state index in [1.807, 2.05) is 0 Å². The topological polar surface area (TPSA) is 9.23 Å². The minimum absolute atomic E-state index is 0.622. The van der Waals surface area contributed by atoms with Crippen LogP contribution in [0.5, 0.6) is 5.75 Å². The second-order valence-corrected chi connectivity index (χ2v) is 6.38. The molecule has 0 atom stereocenters. The number of halogens is 4. The molecule has 0 amide bonds. The van der Waals surface area contributed by atoms with E-state index in [1.54, 1.807) is 13.8 Å². The SMILES string of the molecule is C[CH2][Al]([CH2]C)[O]c1c(F)c(F)[c]c(F)c1F. The Morgan fingerprint density at radius 3 is 1.81 bits per heavy atom. The van der Waals surface area contributed by atoms with Crippen molar-refractivity contribution in [3.63, 3.8) is 0 Å². The Labute approximate surface area is 95.8 Å². The van der Waals surface area contributed by atoms with Crippen molar-refractivity contribution in [1.29, 1.82) is 0 Å². The van der Waals surface area contributed by atoms with Crippen molar-refractivity contribution in [2.24, 2.45) is 0 Å². The molecule has 0 aliphatic carbocycles. The quantitative estimate of drug-likeness (QED) is 0.451. The van der Waals surface area contributed by atoms with E-state index in [0.29, 0.717) is 10.6 Å². The van der Waals surface area contributed by atoms with Crippen molar-refractivity contribution in [2.45, 2.75) is 24.4 Å². The Morgan fingerprint density at radius 2 is 1.44 bits per heavy atom. The minimum atomic E-state index is -1.84. The van der Waals surface area contributed by atoms with Crippen LogP contribution < -0.4 is 3.79 Å². The van der Waals surface area contributed by atoms with Crippen LogP contribution in [0.25, 0.3) is 0 Å². The first-order valence-electron chi connectivity index (χ1n) is 4.93. The first-order chi connectivity index (χ1) is 7.51. The number of benzene rings is 1. The van der Waals surface area contributed by atoms with Gasteiger partial charge in [-0.3, -0.25) is 0 Å². The molecule has 1 radical (unpaired) electrons. The highest BCUT2D eigenvalue weighted by Crippen LogP contribution is 2.27. The summed E-state index contributed by atoms with van der Waals surface area (Å²) in [6.07, 6.45) is 0. The van der Waals surface area contributed by atoms with Crippen LogP contribution in [0.15, 0.2) is 0 Å². The van der Waals surface area contributed by atoms with Crippen LogP contribution in [-0.2, 0) is 0 Å². The van der Waals surface area contributed by atoms with Crippen molar-refractivity contribution in [1.82, 2.24) is 0 Å². The highest BCUT2D eigenvalue weighted by Gasteiger charge is 2.26. The van der Waals surface area contributed by atoms with Crippen LogP contribution in [0.4, 0.5) is 17.6 Å². The third kappa shape index (κ3) is 2.69. The lowest BCUT2D eigenvalue weighted by atomic mass is 10.3. The molecule has 1 aromatic rings. The molecule has 87 valence electrons. The van der Waals surface area contributed by atoms with Crippen molar-refractivity contribution < 1.29 is 21.4 Å². The maximum absolute atomic E-state index is 13.2.